The molecule has 1 saturated heterocycles. The van der Waals surface area contributed by atoms with Crippen LogP contribution in [0.25, 0.3) is 0 Å². The minimum atomic E-state index is 0.289. The first-order valence-electron chi connectivity index (χ1n) is 8.17. The van der Waals surface area contributed by atoms with E-state index in [2.05, 4.69) is 17.9 Å². The lowest BCUT2D eigenvalue weighted by atomic mass is 10.1. The number of rotatable bonds is 4. The van der Waals surface area contributed by atoms with E-state index in [1.165, 1.54) is 57.1 Å². The molecule has 0 aromatic heterocycles. The minimum Gasteiger partial charge on any atom is -0.368 e. The lowest BCUT2D eigenvalue weighted by Crippen LogP contribution is -2.29. The molecule has 0 aromatic rings. The van der Waals surface area contributed by atoms with Crippen LogP contribution in [-0.4, -0.2) is 23.8 Å². The number of carbonyl (C=O) groups is 1. The van der Waals surface area contributed by atoms with Crippen molar-refractivity contribution in [2.75, 3.05) is 13.1 Å². The van der Waals surface area contributed by atoms with Crippen LogP contribution in [-0.2, 0) is 4.79 Å². The van der Waals surface area contributed by atoms with E-state index in [-0.39, 0.29) is 5.78 Å². The Hall–Kier alpha value is -0.790. The van der Waals surface area contributed by atoms with Crippen LogP contribution >= 0.6 is 0 Å². The van der Waals surface area contributed by atoms with Crippen molar-refractivity contribution in [3.8, 4) is 0 Å². The van der Waals surface area contributed by atoms with E-state index in [0.717, 1.165) is 19.4 Å². The largest absolute Gasteiger partial charge is 0.368 e. The Kier molecular flexibility index (Phi) is 8.61. The van der Waals surface area contributed by atoms with Crippen LogP contribution in [0.5, 0.6) is 0 Å². The van der Waals surface area contributed by atoms with Gasteiger partial charge in [0.05, 0.1) is 6.54 Å². The highest BCUT2D eigenvalue weighted by Crippen LogP contribution is 2.19. The Morgan fingerprint density at radius 3 is 2.37 bits per heavy atom. The van der Waals surface area contributed by atoms with Crippen LogP contribution in [0.3, 0.4) is 0 Å². The molecule has 0 amide bonds. The Bertz CT molecular complexity index is 283. The van der Waals surface area contributed by atoms with Crippen molar-refractivity contribution in [2.45, 2.75) is 78.1 Å². The lowest BCUT2D eigenvalue weighted by molar-refractivity contribution is -0.117. The van der Waals surface area contributed by atoms with E-state index in [9.17, 15) is 4.79 Å². The summed E-state index contributed by atoms with van der Waals surface area (Å²) in [6, 6.07) is 0. The second-order valence-electron chi connectivity index (χ2n) is 5.83. The predicted octanol–water partition coefficient (Wildman–Crippen LogP) is 4.70. The second-order valence-corrected chi connectivity index (χ2v) is 5.83. The fourth-order valence-electron chi connectivity index (χ4n) is 2.79. The van der Waals surface area contributed by atoms with Crippen LogP contribution in [0.2, 0.25) is 0 Å². The molecule has 0 N–H and O–H groups in total. The Balaban J connectivity index is 2.69. The Morgan fingerprint density at radius 2 is 1.74 bits per heavy atom. The summed E-state index contributed by atoms with van der Waals surface area (Å²) in [7, 11) is 0. The maximum atomic E-state index is 11.5. The first-order valence-corrected chi connectivity index (χ1v) is 8.17. The second kappa shape index (κ2) is 10.1. The number of unbranched alkanes of at least 4 members (excludes halogenated alkanes) is 1. The Labute approximate surface area is 119 Å². The molecule has 0 bridgehead atoms. The van der Waals surface area contributed by atoms with Gasteiger partial charge in [0.15, 0.2) is 0 Å². The molecule has 1 aliphatic rings. The summed E-state index contributed by atoms with van der Waals surface area (Å²) in [5, 5.41) is 0. The average molecular weight is 265 g/mol. The third kappa shape index (κ3) is 7.39. The Morgan fingerprint density at radius 1 is 1.11 bits per heavy atom. The van der Waals surface area contributed by atoms with Crippen molar-refractivity contribution >= 4 is 5.78 Å². The van der Waals surface area contributed by atoms with E-state index in [1.807, 2.05) is 0 Å². The number of carbonyl (C=O) groups excluding carboxylic acids is 1. The number of ketones is 1. The van der Waals surface area contributed by atoms with Crippen LogP contribution < -0.4 is 0 Å². The number of hydrogen-bond acceptors (Lipinski definition) is 2. The fourth-order valence-corrected chi connectivity index (χ4v) is 2.79. The summed E-state index contributed by atoms with van der Waals surface area (Å²) in [4.78, 5) is 13.8. The minimum absolute atomic E-state index is 0.289. The molecule has 1 fully saturated rings. The first kappa shape index (κ1) is 16.3. The van der Waals surface area contributed by atoms with Gasteiger partial charge in [0, 0.05) is 12.2 Å². The predicted molar refractivity (Wildman–Crippen MR) is 82.2 cm³/mol. The summed E-state index contributed by atoms with van der Waals surface area (Å²) < 4.78 is 0. The number of Topliss-reactive ketones (excluding diaryl/α,β-unsaturated/α-hetero) is 1. The van der Waals surface area contributed by atoms with Crippen molar-refractivity contribution in [1.29, 1.82) is 0 Å². The van der Waals surface area contributed by atoms with E-state index in [0.29, 0.717) is 6.54 Å². The molecular formula is C17H31NO. The van der Waals surface area contributed by atoms with Gasteiger partial charge in [-0.3, -0.25) is 4.79 Å². The zero-order valence-electron chi connectivity index (χ0n) is 12.9. The van der Waals surface area contributed by atoms with Gasteiger partial charge in [0.25, 0.3) is 0 Å². The summed E-state index contributed by atoms with van der Waals surface area (Å²) >= 11 is 0. The van der Waals surface area contributed by atoms with Crippen LogP contribution in [0, 0.1) is 0 Å². The standard InChI is InChI=1S/C17H31NO/c1-3-4-12-17-13-10-8-6-5-7-9-11-14-18(17)15-16(2)19/h12H,3-11,13-15H2,1-2H3/b17-12+. The third-order valence-corrected chi connectivity index (χ3v) is 3.85. The monoisotopic (exact) mass is 265 g/mol. The molecule has 0 unspecified atom stereocenters. The van der Waals surface area contributed by atoms with E-state index >= 15 is 0 Å². The third-order valence-electron chi connectivity index (χ3n) is 3.85. The highest BCUT2D eigenvalue weighted by atomic mass is 16.1. The van der Waals surface area contributed by atoms with Gasteiger partial charge in [-0.1, -0.05) is 51.5 Å². The van der Waals surface area contributed by atoms with Gasteiger partial charge in [-0.25, -0.2) is 0 Å². The zero-order chi connectivity index (χ0) is 13.9. The zero-order valence-corrected chi connectivity index (χ0v) is 12.9. The average Bonchev–Trinajstić information content (AvgIpc) is 2.42. The van der Waals surface area contributed by atoms with Gasteiger partial charge in [-0.15, -0.1) is 0 Å². The molecule has 1 heterocycles. The normalized spacial score (nSPS) is 21.2. The molecule has 0 aromatic carbocycles. The topological polar surface area (TPSA) is 20.3 Å². The lowest BCUT2D eigenvalue weighted by Gasteiger charge is -2.27. The van der Waals surface area contributed by atoms with Crippen molar-refractivity contribution in [1.82, 2.24) is 4.90 Å². The molecule has 0 atom stereocenters. The smallest absolute Gasteiger partial charge is 0.149 e. The number of allylic oxidation sites excluding steroid dienone is 2. The molecule has 1 rings (SSSR count). The van der Waals surface area contributed by atoms with Crippen LogP contribution in [0.15, 0.2) is 11.8 Å². The van der Waals surface area contributed by atoms with E-state index in [1.54, 1.807) is 6.92 Å². The molecule has 2 nitrogen and oxygen atoms in total. The molecule has 1 aliphatic heterocycles. The summed E-state index contributed by atoms with van der Waals surface area (Å²) in [5.41, 5.74) is 1.43. The quantitative estimate of drug-likeness (QED) is 0.734. The molecule has 0 spiro atoms. The maximum absolute atomic E-state index is 11.5. The molecule has 0 radical (unpaired) electrons. The van der Waals surface area contributed by atoms with Gasteiger partial charge in [0.2, 0.25) is 0 Å². The number of hydrogen-bond donors (Lipinski definition) is 0. The summed E-state index contributed by atoms with van der Waals surface area (Å²) in [6.07, 6.45) is 15.2. The first-order chi connectivity index (χ1) is 9.24. The van der Waals surface area contributed by atoms with Crippen molar-refractivity contribution in [2.24, 2.45) is 0 Å². The highest BCUT2D eigenvalue weighted by molar-refractivity contribution is 5.77. The fraction of sp³-hybridized carbons (Fsp3) is 0.824. The summed E-state index contributed by atoms with van der Waals surface area (Å²) in [6.45, 7) is 5.60. The molecule has 2 heteroatoms. The number of nitrogens with zero attached hydrogens (tertiary/aromatic N) is 1. The van der Waals surface area contributed by atoms with Gasteiger partial charge >= 0.3 is 0 Å². The van der Waals surface area contributed by atoms with Gasteiger partial charge in [-0.2, -0.15) is 0 Å². The highest BCUT2D eigenvalue weighted by Gasteiger charge is 2.12. The van der Waals surface area contributed by atoms with Gasteiger partial charge in [-0.05, 0) is 32.6 Å². The van der Waals surface area contributed by atoms with Crippen molar-refractivity contribution < 1.29 is 4.79 Å². The van der Waals surface area contributed by atoms with E-state index < -0.39 is 0 Å². The SMILES string of the molecule is CCC/C=C1\CCCCCCCCCN1CC(C)=O. The molecule has 0 aliphatic carbocycles. The van der Waals surface area contributed by atoms with Crippen LogP contribution in [0.1, 0.15) is 78.1 Å². The van der Waals surface area contributed by atoms with Crippen molar-refractivity contribution in [3.05, 3.63) is 11.8 Å². The molecule has 110 valence electrons. The van der Waals surface area contributed by atoms with E-state index in [4.69, 9.17) is 0 Å². The van der Waals surface area contributed by atoms with Gasteiger partial charge in [0.1, 0.15) is 5.78 Å². The van der Waals surface area contributed by atoms with Crippen LogP contribution in [0.4, 0.5) is 0 Å². The molecular weight excluding hydrogens is 234 g/mol. The van der Waals surface area contributed by atoms with Crippen molar-refractivity contribution in [3.63, 3.8) is 0 Å². The molecule has 0 saturated carbocycles. The maximum Gasteiger partial charge on any atom is 0.149 e. The molecule has 19 heavy (non-hydrogen) atoms. The summed E-state index contributed by atoms with van der Waals surface area (Å²) in [5.74, 6) is 0.289. The van der Waals surface area contributed by atoms with Gasteiger partial charge < -0.3 is 4.90 Å².